The summed E-state index contributed by atoms with van der Waals surface area (Å²) in [5.41, 5.74) is 0.741. The summed E-state index contributed by atoms with van der Waals surface area (Å²) in [7, 11) is 0. The van der Waals surface area contributed by atoms with E-state index in [2.05, 4.69) is 0 Å². The number of aryl methyl sites for hydroxylation is 1. The van der Waals surface area contributed by atoms with E-state index in [1.807, 2.05) is 13.0 Å². The molecule has 2 heterocycles. The monoisotopic (exact) mass is 233 g/mol. The van der Waals surface area contributed by atoms with Gasteiger partial charge in [0.2, 0.25) is 0 Å². The van der Waals surface area contributed by atoms with Gasteiger partial charge in [0.15, 0.2) is 0 Å². The van der Waals surface area contributed by atoms with Gasteiger partial charge in [-0.25, -0.2) is 4.79 Å². The number of aromatic carboxylic acids is 1. The lowest BCUT2D eigenvalue weighted by atomic mass is 10.3. The quantitative estimate of drug-likeness (QED) is 0.871. The molecule has 88 valence electrons. The van der Waals surface area contributed by atoms with E-state index in [1.165, 1.54) is 23.0 Å². The van der Waals surface area contributed by atoms with Crippen molar-refractivity contribution in [1.82, 2.24) is 4.57 Å². The maximum atomic E-state index is 11.6. The zero-order valence-corrected chi connectivity index (χ0v) is 9.21. The number of carbonyl (C=O) groups is 1. The van der Waals surface area contributed by atoms with E-state index >= 15 is 0 Å². The molecule has 0 aliphatic rings. The maximum absolute atomic E-state index is 11.6. The highest BCUT2D eigenvalue weighted by Gasteiger charge is 2.09. The summed E-state index contributed by atoms with van der Waals surface area (Å²) in [5, 5.41) is 8.74. The van der Waals surface area contributed by atoms with E-state index < -0.39 is 5.97 Å². The number of aromatic nitrogens is 1. The van der Waals surface area contributed by atoms with Crippen molar-refractivity contribution in [1.29, 1.82) is 0 Å². The van der Waals surface area contributed by atoms with Crippen LogP contribution in [0.25, 0.3) is 0 Å². The van der Waals surface area contributed by atoms with Gasteiger partial charge in [-0.05, 0) is 19.1 Å². The summed E-state index contributed by atoms with van der Waals surface area (Å²) in [6, 6.07) is 6.36. The fraction of sp³-hybridized carbons (Fsp3) is 0.167. The predicted molar refractivity (Wildman–Crippen MR) is 60.2 cm³/mol. The van der Waals surface area contributed by atoms with Crippen LogP contribution in [0.15, 0.2) is 39.7 Å². The average Bonchev–Trinajstić information content (AvgIpc) is 2.72. The Balaban J connectivity index is 2.32. The Morgan fingerprint density at radius 2 is 2.24 bits per heavy atom. The Kier molecular flexibility index (Phi) is 2.82. The summed E-state index contributed by atoms with van der Waals surface area (Å²) >= 11 is 0. The normalized spacial score (nSPS) is 10.4. The number of furan rings is 1. The molecule has 0 fully saturated rings. The molecule has 0 aliphatic carbocycles. The van der Waals surface area contributed by atoms with Crippen molar-refractivity contribution in [3.8, 4) is 0 Å². The molecule has 5 heteroatoms. The molecule has 0 aliphatic heterocycles. The van der Waals surface area contributed by atoms with Gasteiger partial charge in [0.05, 0.1) is 12.1 Å². The number of hydrogen-bond acceptors (Lipinski definition) is 3. The van der Waals surface area contributed by atoms with Crippen molar-refractivity contribution in [2.45, 2.75) is 13.5 Å². The molecule has 2 rings (SSSR count). The minimum Gasteiger partial charge on any atom is -0.478 e. The van der Waals surface area contributed by atoms with Crippen LogP contribution in [0.1, 0.15) is 21.8 Å². The van der Waals surface area contributed by atoms with Crippen LogP contribution in [0, 0.1) is 6.92 Å². The van der Waals surface area contributed by atoms with Crippen LogP contribution in [-0.2, 0) is 6.54 Å². The van der Waals surface area contributed by atoms with E-state index in [-0.39, 0.29) is 17.7 Å². The largest absolute Gasteiger partial charge is 0.478 e. The molecule has 0 saturated heterocycles. The number of rotatable bonds is 3. The smallest absolute Gasteiger partial charge is 0.338 e. The van der Waals surface area contributed by atoms with Gasteiger partial charge in [-0.2, -0.15) is 0 Å². The van der Waals surface area contributed by atoms with Gasteiger partial charge in [0.1, 0.15) is 12.0 Å². The molecule has 0 radical (unpaired) electrons. The molecule has 0 amide bonds. The third-order valence-corrected chi connectivity index (χ3v) is 2.48. The number of hydrogen-bond donors (Lipinski definition) is 1. The van der Waals surface area contributed by atoms with Gasteiger partial charge >= 0.3 is 5.97 Å². The van der Waals surface area contributed by atoms with E-state index in [1.54, 1.807) is 6.07 Å². The van der Waals surface area contributed by atoms with Crippen molar-refractivity contribution in [2.24, 2.45) is 0 Å². The lowest BCUT2D eigenvalue weighted by Gasteiger charge is -2.06. The third kappa shape index (κ3) is 2.28. The molecule has 2 aromatic heterocycles. The molecule has 0 aromatic carbocycles. The van der Waals surface area contributed by atoms with Crippen molar-refractivity contribution < 1.29 is 14.3 Å². The van der Waals surface area contributed by atoms with Crippen molar-refractivity contribution in [3.05, 3.63) is 57.9 Å². The Bertz CT molecular complexity index is 609. The van der Waals surface area contributed by atoms with Crippen molar-refractivity contribution >= 4 is 5.97 Å². The van der Waals surface area contributed by atoms with Gasteiger partial charge in [-0.15, -0.1) is 0 Å². The molecule has 17 heavy (non-hydrogen) atoms. The van der Waals surface area contributed by atoms with E-state index in [4.69, 9.17) is 9.52 Å². The predicted octanol–water partition coefficient (Wildman–Crippen LogP) is 1.50. The first-order valence-electron chi connectivity index (χ1n) is 5.05. The first kappa shape index (κ1) is 11.2. The Hall–Kier alpha value is -2.30. The SMILES string of the molecule is Cc1cccc(=O)n1Cc1cc(C(=O)O)co1. The third-order valence-electron chi connectivity index (χ3n) is 2.48. The summed E-state index contributed by atoms with van der Waals surface area (Å²) < 4.78 is 6.62. The van der Waals surface area contributed by atoms with E-state index in [0.29, 0.717) is 5.76 Å². The van der Waals surface area contributed by atoms with Crippen LogP contribution >= 0.6 is 0 Å². The molecule has 0 saturated carbocycles. The van der Waals surface area contributed by atoms with Crippen LogP contribution < -0.4 is 5.56 Å². The molecule has 0 atom stereocenters. The van der Waals surface area contributed by atoms with Gasteiger partial charge < -0.3 is 14.1 Å². The number of carboxylic acid groups (broad SMARTS) is 1. The Labute approximate surface area is 96.9 Å². The van der Waals surface area contributed by atoms with Crippen LogP contribution in [-0.4, -0.2) is 15.6 Å². The molecule has 0 unspecified atom stereocenters. The highest BCUT2D eigenvalue weighted by atomic mass is 16.4. The molecule has 1 N–H and O–H groups in total. The van der Waals surface area contributed by atoms with Crippen molar-refractivity contribution in [3.63, 3.8) is 0 Å². The average molecular weight is 233 g/mol. The first-order valence-corrected chi connectivity index (χ1v) is 5.05. The molecule has 0 bridgehead atoms. The second kappa shape index (κ2) is 4.29. The summed E-state index contributed by atoms with van der Waals surface area (Å²) in [6.07, 6.45) is 1.17. The topological polar surface area (TPSA) is 72.4 Å². The lowest BCUT2D eigenvalue weighted by molar-refractivity contribution is 0.0696. The van der Waals surface area contributed by atoms with Crippen molar-refractivity contribution in [2.75, 3.05) is 0 Å². The fourth-order valence-electron chi connectivity index (χ4n) is 1.56. The van der Waals surface area contributed by atoms with E-state index in [9.17, 15) is 9.59 Å². The molecular weight excluding hydrogens is 222 g/mol. The maximum Gasteiger partial charge on any atom is 0.338 e. The molecule has 5 nitrogen and oxygen atoms in total. The Morgan fingerprint density at radius 3 is 2.82 bits per heavy atom. The van der Waals surface area contributed by atoms with Gasteiger partial charge in [-0.3, -0.25) is 4.79 Å². The van der Waals surface area contributed by atoms with E-state index in [0.717, 1.165) is 5.69 Å². The van der Waals surface area contributed by atoms with Crippen LogP contribution in [0.3, 0.4) is 0 Å². The highest BCUT2D eigenvalue weighted by molar-refractivity contribution is 5.87. The molecule has 0 spiro atoms. The summed E-state index contributed by atoms with van der Waals surface area (Å²) in [6.45, 7) is 2.04. The molecular formula is C12H11NO4. The zero-order chi connectivity index (χ0) is 12.4. The number of pyridine rings is 1. The second-order valence-electron chi connectivity index (χ2n) is 3.70. The standard InChI is InChI=1S/C12H11NO4/c1-8-3-2-4-11(14)13(8)6-10-5-9(7-17-10)12(15)16/h2-5,7H,6H2,1H3,(H,15,16). The Morgan fingerprint density at radius 1 is 1.47 bits per heavy atom. The zero-order valence-electron chi connectivity index (χ0n) is 9.21. The van der Waals surface area contributed by atoms with Crippen LogP contribution in [0.2, 0.25) is 0 Å². The number of nitrogens with zero attached hydrogens (tertiary/aromatic N) is 1. The van der Waals surface area contributed by atoms with Gasteiger partial charge in [-0.1, -0.05) is 6.07 Å². The second-order valence-corrected chi connectivity index (χ2v) is 3.70. The summed E-state index contributed by atoms with van der Waals surface area (Å²) in [5.74, 6) is -0.601. The van der Waals surface area contributed by atoms with Gasteiger partial charge in [0.25, 0.3) is 5.56 Å². The minimum absolute atomic E-state index is 0.0848. The minimum atomic E-state index is -1.04. The summed E-state index contributed by atoms with van der Waals surface area (Å²) in [4.78, 5) is 22.3. The van der Waals surface area contributed by atoms with Gasteiger partial charge in [0, 0.05) is 11.8 Å². The lowest BCUT2D eigenvalue weighted by Crippen LogP contribution is -2.21. The number of carboxylic acids is 1. The van der Waals surface area contributed by atoms with Crippen LogP contribution in [0.5, 0.6) is 0 Å². The van der Waals surface area contributed by atoms with Crippen LogP contribution in [0.4, 0.5) is 0 Å². The first-order chi connectivity index (χ1) is 8.08. The fourth-order valence-corrected chi connectivity index (χ4v) is 1.56. The molecule has 2 aromatic rings. The highest BCUT2D eigenvalue weighted by Crippen LogP contribution is 2.09.